The van der Waals surface area contributed by atoms with E-state index in [-0.39, 0.29) is 25.0 Å². The first-order chi connectivity index (χ1) is 20.9. The minimum absolute atomic E-state index is 0. The van der Waals surface area contributed by atoms with Gasteiger partial charge in [0.05, 0.1) is 17.7 Å². The monoisotopic (exact) mass is 638 g/mol. The van der Waals surface area contributed by atoms with Crippen LogP contribution in [0, 0.1) is 0 Å². The Morgan fingerprint density at radius 2 is 1.00 bits per heavy atom. The standard InChI is InChI=1S/C18H19ClO2.C10H12O2.C8H9ClO.CH4/c1-2-17(14-6-4-3-5-7-14)18(20)15-8-10-16(11-9-15)21-13-12-19;1-2-9(10(11)12)8-6-4-3-5-7-8;9-6-7-10-8-4-2-1-3-5-8;/h3-11,17H,2,12-13H2,1H3;3-7,9H,2H2,1H3,(H,11,12);1-5H,6-7H2;1H4. The number of aliphatic carboxylic acids is 1. The molecule has 44 heavy (non-hydrogen) atoms. The summed E-state index contributed by atoms with van der Waals surface area (Å²) in [5.41, 5.74) is 2.66. The number of rotatable bonds is 13. The molecule has 0 spiro atoms. The van der Waals surface area contributed by atoms with E-state index in [9.17, 15) is 9.59 Å². The molecule has 0 heterocycles. The van der Waals surface area contributed by atoms with Gasteiger partial charge in [0.2, 0.25) is 0 Å². The first kappa shape index (κ1) is 38.2. The van der Waals surface area contributed by atoms with Gasteiger partial charge in [0, 0.05) is 11.5 Å². The summed E-state index contributed by atoms with van der Waals surface area (Å²) in [6, 6.07) is 36.1. The van der Waals surface area contributed by atoms with Crippen molar-refractivity contribution in [3.63, 3.8) is 0 Å². The lowest BCUT2D eigenvalue weighted by atomic mass is 9.89. The number of carboxylic acid groups (broad SMARTS) is 1. The molecule has 0 aliphatic carbocycles. The van der Waals surface area contributed by atoms with Gasteiger partial charge in [-0.2, -0.15) is 0 Å². The fraction of sp³-hybridized carbons (Fsp3) is 0.297. The van der Waals surface area contributed by atoms with Crippen LogP contribution in [0.5, 0.6) is 11.5 Å². The third-order valence-corrected chi connectivity index (χ3v) is 6.72. The van der Waals surface area contributed by atoms with E-state index < -0.39 is 5.97 Å². The van der Waals surface area contributed by atoms with Crippen molar-refractivity contribution in [1.82, 2.24) is 0 Å². The summed E-state index contributed by atoms with van der Waals surface area (Å²) in [6.07, 6.45) is 1.42. The van der Waals surface area contributed by atoms with Crippen LogP contribution in [0.2, 0.25) is 0 Å². The predicted octanol–water partition coefficient (Wildman–Crippen LogP) is 9.89. The van der Waals surface area contributed by atoms with Gasteiger partial charge < -0.3 is 14.6 Å². The van der Waals surface area contributed by atoms with Crippen LogP contribution in [0.25, 0.3) is 0 Å². The van der Waals surface area contributed by atoms with E-state index in [1.54, 1.807) is 0 Å². The number of carboxylic acids is 1. The smallest absolute Gasteiger partial charge is 0.310 e. The number of Topliss-reactive ketones (excluding diaryl/α,β-unsaturated/α-hetero) is 1. The number of alkyl halides is 2. The van der Waals surface area contributed by atoms with Crippen molar-refractivity contribution < 1.29 is 24.2 Å². The lowest BCUT2D eigenvalue weighted by Crippen LogP contribution is -2.12. The van der Waals surface area contributed by atoms with Gasteiger partial charge in [-0.1, -0.05) is 100 Å². The van der Waals surface area contributed by atoms with E-state index in [1.165, 1.54) is 0 Å². The summed E-state index contributed by atoms with van der Waals surface area (Å²) in [6.45, 7) is 4.96. The Kier molecular flexibility index (Phi) is 19.7. The van der Waals surface area contributed by atoms with E-state index in [0.717, 1.165) is 29.0 Å². The van der Waals surface area contributed by atoms with Crippen LogP contribution in [-0.2, 0) is 4.79 Å². The second kappa shape index (κ2) is 22.7. The molecule has 236 valence electrons. The van der Waals surface area contributed by atoms with Crippen molar-refractivity contribution in [2.45, 2.75) is 46.0 Å². The maximum absolute atomic E-state index is 12.6. The molecule has 2 unspecified atom stereocenters. The van der Waals surface area contributed by atoms with Gasteiger partial charge in [-0.3, -0.25) is 9.59 Å². The number of ether oxygens (including phenoxy) is 2. The molecule has 7 heteroatoms. The number of ketones is 1. The zero-order chi connectivity index (χ0) is 31.3. The SMILES string of the molecule is C.CCC(C(=O)O)c1ccccc1.CCC(C(=O)c1ccc(OCCCl)cc1)c1ccccc1.ClCCOc1ccccc1. The maximum Gasteiger partial charge on any atom is 0.310 e. The third-order valence-electron chi connectivity index (χ3n) is 6.41. The second-order valence-corrected chi connectivity index (χ2v) is 10.1. The van der Waals surface area contributed by atoms with E-state index in [4.69, 9.17) is 37.8 Å². The topological polar surface area (TPSA) is 72.8 Å². The number of para-hydroxylation sites is 1. The lowest BCUT2D eigenvalue weighted by molar-refractivity contribution is -0.138. The highest BCUT2D eigenvalue weighted by Crippen LogP contribution is 2.25. The molecule has 0 fully saturated rings. The van der Waals surface area contributed by atoms with Gasteiger partial charge >= 0.3 is 5.97 Å². The molecule has 4 aromatic carbocycles. The molecule has 0 bridgehead atoms. The molecule has 0 aliphatic rings. The molecule has 0 saturated heterocycles. The number of halogens is 2. The first-order valence-electron chi connectivity index (χ1n) is 14.3. The maximum atomic E-state index is 12.6. The Labute approximate surface area is 272 Å². The molecule has 1 N–H and O–H groups in total. The Morgan fingerprint density at radius 1 is 0.614 bits per heavy atom. The van der Waals surface area contributed by atoms with Crippen LogP contribution in [0.15, 0.2) is 115 Å². The summed E-state index contributed by atoms with van der Waals surface area (Å²) in [4.78, 5) is 23.4. The highest BCUT2D eigenvalue weighted by Gasteiger charge is 2.20. The third kappa shape index (κ3) is 13.7. The number of benzene rings is 4. The Balaban J connectivity index is 0.000000358. The molecular weight excluding hydrogens is 595 g/mol. The van der Waals surface area contributed by atoms with Gasteiger partial charge in [-0.15, -0.1) is 23.2 Å². The van der Waals surface area contributed by atoms with Crippen LogP contribution >= 0.6 is 23.2 Å². The zero-order valence-corrected chi connectivity index (χ0v) is 26.2. The van der Waals surface area contributed by atoms with Crippen LogP contribution < -0.4 is 9.47 Å². The normalized spacial score (nSPS) is 11.2. The molecule has 0 radical (unpaired) electrons. The first-order valence-corrected chi connectivity index (χ1v) is 15.4. The molecule has 0 saturated carbocycles. The van der Waals surface area contributed by atoms with Gasteiger partial charge in [0.1, 0.15) is 24.7 Å². The molecule has 5 nitrogen and oxygen atoms in total. The van der Waals surface area contributed by atoms with Crippen LogP contribution in [0.4, 0.5) is 0 Å². The van der Waals surface area contributed by atoms with Gasteiger partial charge in [0.25, 0.3) is 0 Å². The summed E-state index contributed by atoms with van der Waals surface area (Å²) in [5, 5.41) is 8.83. The number of carbonyl (C=O) groups is 2. The average Bonchev–Trinajstić information content (AvgIpc) is 3.05. The van der Waals surface area contributed by atoms with Crippen molar-refractivity contribution in [2.24, 2.45) is 0 Å². The molecule has 0 amide bonds. The number of hydrogen-bond donors (Lipinski definition) is 1. The van der Waals surface area contributed by atoms with E-state index in [2.05, 4.69) is 0 Å². The Bertz CT molecular complexity index is 1300. The average molecular weight is 640 g/mol. The van der Waals surface area contributed by atoms with E-state index in [1.807, 2.05) is 129 Å². The van der Waals surface area contributed by atoms with Gasteiger partial charge in [-0.05, 0) is 60.4 Å². The largest absolute Gasteiger partial charge is 0.492 e. The minimum Gasteiger partial charge on any atom is -0.492 e. The zero-order valence-electron chi connectivity index (χ0n) is 24.7. The summed E-state index contributed by atoms with van der Waals surface area (Å²) < 4.78 is 10.6. The van der Waals surface area contributed by atoms with Gasteiger partial charge in [0.15, 0.2) is 5.78 Å². The molecule has 4 rings (SSSR count). The van der Waals surface area contributed by atoms with Gasteiger partial charge in [-0.25, -0.2) is 0 Å². The lowest BCUT2D eigenvalue weighted by Gasteiger charge is -2.14. The quantitative estimate of drug-likeness (QED) is 0.116. The van der Waals surface area contributed by atoms with Crippen molar-refractivity contribution in [2.75, 3.05) is 25.0 Å². The van der Waals surface area contributed by atoms with Crippen LogP contribution in [-0.4, -0.2) is 41.8 Å². The van der Waals surface area contributed by atoms with E-state index >= 15 is 0 Å². The Hall–Kier alpha value is -3.80. The molecule has 0 aromatic heterocycles. The van der Waals surface area contributed by atoms with Crippen LogP contribution in [0.1, 0.15) is 67.4 Å². The van der Waals surface area contributed by atoms with E-state index in [0.29, 0.717) is 37.0 Å². The minimum atomic E-state index is -0.747. The molecule has 4 aromatic rings. The summed E-state index contributed by atoms with van der Waals surface area (Å²) >= 11 is 11.0. The van der Waals surface area contributed by atoms with Crippen molar-refractivity contribution >= 4 is 35.0 Å². The predicted molar refractivity (Wildman–Crippen MR) is 183 cm³/mol. The Morgan fingerprint density at radius 3 is 1.39 bits per heavy atom. The fourth-order valence-electron chi connectivity index (χ4n) is 4.24. The number of hydrogen-bond acceptors (Lipinski definition) is 4. The highest BCUT2D eigenvalue weighted by atomic mass is 35.5. The second-order valence-electron chi connectivity index (χ2n) is 9.36. The summed E-state index contributed by atoms with van der Waals surface area (Å²) in [5.74, 6) is 1.55. The summed E-state index contributed by atoms with van der Waals surface area (Å²) in [7, 11) is 0. The molecule has 2 atom stereocenters. The van der Waals surface area contributed by atoms with Crippen molar-refractivity contribution in [3.05, 3.63) is 132 Å². The van der Waals surface area contributed by atoms with Crippen LogP contribution in [0.3, 0.4) is 0 Å². The van der Waals surface area contributed by atoms with Crippen molar-refractivity contribution in [3.8, 4) is 11.5 Å². The molecule has 0 aliphatic heterocycles. The fourth-order valence-corrected chi connectivity index (χ4v) is 4.40. The highest BCUT2D eigenvalue weighted by molar-refractivity contribution is 6.18. The number of carbonyl (C=O) groups excluding carboxylic acids is 1. The molecular formula is C37H44Cl2O5. The van der Waals surface area contributed by atoms with Crippen molar-refractivity contribution in [1.29, 1.82) is 0 Å².